The van der Waals surface area contributed by atoms with Crippen LogP contribution in [0, 0.1) is 0 Å². The van der Waals surface area contributed by atoms with Crippen molar-refractivity contribution in [2.75, 3.05) is 26.7 Å². The van der Waals surface area contributed by atoms with Crippen molar-refractivity contribution in [3.05, 3.63) is 29.8 Å². The monoisotopic (exact) mass is 293 g/mol. The average Bonchev–Trinajstić information content (AvgIpc) is 2.52. The van der Waals surface area contributed by atoms with Crippen molar-refractivity contribution in [2.45, 2.75) is 19.9 Å². The van der Waals surface area contributed by atoms with Gasteiger partial charge in [-0.25, -0.2) is 0 Å². The van der Waals surface area contributed by atoms with Gasteiger partial charge in [0.05, 0.1) is 6.54 Å². The fourth-order valence-corrected chi connectivity index (χ4v) is 1.86. The van der Waals surface area contributed by atoms with E-state index in [-0.39, 0.29) is 25.0 Å². The Morgan fingerprint density at radius 1 is 1.33 bits per heavy atom. The molecule has 6 nitrogen and oxygen atoms in total. The summed E-state index contributed by atoms with van der Waals surface area (Å²) in [5.74, 6) is 0.191. The number of nitrogens with two attached hydrogens (primary N) is 1. The summed E-state index contributed by atoms with van der Waals surface area (Å²) in [6, 6.07) is 7.33. The summed E-state index contributed by atoms with van der Waals surface area (Å²) in [5.41, 5.74) is 6.47. The summed E-state index contributed by atoms with van der Waals surface area (Å²) in [6.45, 7) is 2.77. The molecule has 0 heterocycles. The Morgan fingerprint density at radius 3 is 2.67 bits per heavy atom. The minimum Gasteiger partial charge on any atom is -0.483 e. The van der Waals surface area contributed by atoms with E-state index in [1.165, 1.54) is 4.90 Å². The topological polar surface area (TPSA) is 84.7 Å². The number of carbonyl (C=O) groups is 2. The fraction of sp³-hybridized carbons (Fsp3) is 0.467. The van der Waals surface area contributed by atoms with E-state index < -0.39 is 0 Å². The van der Waals surface area contributed by atoms with Crippen LogP contribution in [0.15, 0.2) is 24.3 Å². The number of para-hydroxylation sites is 1. The van der Waals surface area contributed by atoms with Gasteiger partial charge in [-0.05, 0) is 12.5 Å². The molecule has 0 aromatic heterocycles. The number of amides is 2. The van der Waals surface area contributed by atoms with Crippen LogP contribution in [0.25, 0.3) is 0 Å². The van der Waals surface area contributed by atoms with Crippen molar-refractivity contribution in [2.24, 2.45) is 5.73 Å². The SMILES string of the molecule is CCCN(CC(=O)NC)C(=O)COc1ccccc1CN. The Kier molecular flexibility index (Phi) is 7.25. The Bertz CT molecular complexity index is 477. The molecular weight excluding hydrogens is 270 g/mol. The largest absolute Gasteiger partial charge is 0.483 e. The summed E-state index contributed by atoms with van der Waals surface area (Å²) in [4.78, 5) is 25.1. The molecule has 0 aliphatic carbocycles. The number of nitrogens with zero attached hydrogens (tertiary/aromatic N) is 1. The van der Waals surface area contributed by atoms with Gasteiger partial charge in [0.1, 0.15) is 5.75 Å². The predicted octanol–water partition coefficient (Wildman–Crippen LogP) is 0.509. The van der Waals surface area contributed by atoms with Crippen LogP contribution in [0.5, 0.6) is 5.75 Å². The quantitative estimate of drug-likeness (QED) is 0.731. The third-order valence-electron chi connectivity index (χ3n) is 3.00. The standard InChI is InChI=1S/C15H23N3O3/c1-3-8-18(10-14(19)17-2)15(20)11-21-13-7-5-4-6-12(13)9-16/h4-7H,3,8-11,16H2,1-2H3,(H,17,19). The molecule has 0 saturated heterocycles. The molecule has 0 saturated carbocycles. The van der Waals surface area contributed by atoms with Crippen LogP contribution in [-0.4, -0.2) is 43.5 Å². The van der Waals surface area contributed by atoms with Crippen LogP contribution >= 0.6 is 0 Å². The first-order chi connectivity index (χ1) is 10.1. The molecule has 1 aromatic rings. The Balaban J connectivity index is 2.62. The van der Waals surface area contributed by atoms with Gasteiger partial charge in [0.25, 0.3) is 5.91 Å². The van der Waals surface area contributed by atoms with E-state index in [0.717, 1.165) is 12.0 Å². The predicted molar refractivity (Wildman–Crippen MR) is 80.8 cm³/mol. The zero-order valence-electron chi connectivity index (χ0n) is 12.6. The highest BCUT2D eigenvalue weighted by atomic mass is 16.5. The summed E-state index contributed by atoms with van der Waals surface area (Å²) < 4.78 is 5.53. The van der Waals surface area contributed by atoms with E-state index >= 15 is 0 Å². The fourth-order valence-electron chi connectivity index (χ4n) is 1.86. The minimum absolute atomic E-state index is 0.0467. The Hall–Kier alpha value is -2.08. The van der Waals surface area contributed by atoms with Crippen molar-refractivity contribution in [1.29, 1.82) is 0 Å². The van der Waals surface area contributed by atoms with Crippen LogP contribution in [0.1, 0.15) is 18.9 Å². The van der Waals surface area contributed by atoms with E-state index in [0.29, 0.717) is 18.8 Å². The lowest BCUT2D eigenvalue weighted by atomic mass is 10.2. The normalized spacial score (nSPS) is 10.0. The maximum Gasteiger partial charge on any atom is 0.260 e. The van der Waals surface area contributed by atoms with Crippen molar-refractivity contribution < 1.29 is 14.3 Å². The molecule has 2 amide bonds. The molecule has 3 N–H and O–H groups in total. The number of carbonyl (C=O) groups excluding carboxylic acids is 2. The number of hydrogen-bond acceptors (Lipinski definition) is 4. The van der Waals surface area contributed by atoms with Gasteiger partial charge in [0.15, 0.2) is 6.61 Å². The highest BCUT2D eigenvalue weighted by molar-refractivity contribution is 5.85. The smallest absolute Gasteiger partial charge is 0.260 e. The van der Waals surface area contributed by atoms with Crippen molar-refractivity contribution in [3.8, 4) is 5.75 Å². The summed E-state index contributed by atoms with van der Waals surface area (Å²) >= 11 is 0. The number of nitrogens with one attached hydrogen (secondary N) is 1. The third-order valence-corrected chi connectivity index (χ3v) is 3.00. The molecule has 6 heteroatoms. The molecule has 116 valence electrons. The van der Waals surface area contributed by atoms with Gasteiger partial charge in [-0.15, -0.1) is 0 Å². The first kappa shape index (κ1) is 17.0. The van der Waals surface area contributed by atoms with E-state index in [4.69, 9.17) is 10.5 Å². The summed E-state index contributed by atoms with van der Waals surface area (Å²) in [5, 5.41) is 2.51. The molecule has 0 spiro atoms. The second-order valence-electron chi connectivity index (χ2n) is 4.59. The molecule has 0 aliphatic heterocycles. The summed E-state index contributed by atoms with van der Waals surface area (Å²) in [6.07, 6.45) is 0.780. The maximum absolute atomic E-state index is 12.1. The lowest BCUT2D eigenvalue weighted by Gasteiger charge is -2.21. The molecule has 1 rings (SSSR count). The van der Waals surface area contributed by atoms with Crippen LogP contribution in [0.3, 0.4) is 0 Å². The number of hydrogen-bond donors (Lipinski definition) is 2. The number of rotatable bonds is 8. The van der Waals surface area contributed by atoms with E-state index in [1.54, 1.807) is 13.1 Å². The molecule has 0 aliphatic rings. The van der Waals surface area contributed by atoms with Crippen LogP contribution in [-0.2, 0) is 16.1 Å². The maximum atomic E-state index is 12.1. The highest BCUT2D eigenvalue weighted by Gasteiger charge is 2.16. The molecule has 1 aromatic carbocycles. The Labute approximate surface area is 125 Å². The van der Waals surface area contributed by atoms with E-state index in [9.17, 15) is 9.59 Å². The lowest BCUT2D eigenvalue weighted by molar-refractivity contribution is -0.137. The summed E-state index contributed by atoms with van der Waals surface area (Å²) in [7, 11) is 1.55. The number of likely N-dealkylation sites (N-methyl/N-ethyl adjacent to an activating group) is 1. The zero-order chi connectivity index (χ0) is 15.7. The Morgan fingerprint density at radius 2 is 2.05 bits per heavy atom. The van der Waals surface area contributed by atoms with Gasteiger partial charge in [-0.1, -0.05) is 25.1 Å². The number of ether oxygens (including phenoxy) is 1. The molecule has 0 fully saturated rings. The minimum atomic E-state index is -0.215. The average molecular weight is 293 g/mol. The van der Waals surface area contributed by atoms with Gasteiger partial charge < -0.3 is 20.7 Å². The van der Waals surface area contributed by atoms with Crippen molar-refractivity contribution >= 4 is 11.8 Å². The van der Waals surface area contributed by atoms with E-state index in [1.807, 2.05) is 25.1 Å². The first-order valence-electron chi connectivity index (χ1n) is 7.01. The van der Waals surface area contributed by atoms with E-state index in [2.05, 4.69) is 5.32 Å². The van der Waals surface area contributed by atoms with Gasteiger partial charge in [0.2, 0.25) is 5.91 Å². The molecule has 0 unspecified atom stereocenters. The molecule has 0 bridgehead atoms. The van der Waals surface area contributed by atoms with Crippen molar-refractivity contribution in [1.82, 2.24) is 10.2 Å². The first-order valence-corrected chi connectivity index (χ1v) is 7.01. The zero-order valence-corrected chi connectivity index (χ0v) is 12.6. The highest BCUT2D eigenvalue weighted by Crippen LogP contribution is 2.17. The van der Waals surface area contributed by atoms with Crippen molar-refractivity contribution in [3.63, 3.8) is 0 Å². The van der Waals surface area contributed by atoms with Crippen LogP contribution in [0.2, 0.25) is 0 Å². The van der Waals surface area contributed by atoms with Gasteiger partial charge >= 0.3 is 0 Å². The van der Waals surface area contributed by atoms with Gasteiger partial charge in [-0.3, -0.25) is 9.59 Å². The van der Waals surface area contributed by atoms with Crippen LogP contribution in [0.4, 0.5) is 0 Å². The van der Waals surface area contributed by atoms with Gasteiger partial charge in [0, 0.05) is 25.7 Å². The lowest BCUT2D eigenvalue weighted by Crippen LogP contribution is -2.42. The molecule has 0 radical (unpaired) electrons. The second-order valence-corrected chi connectivity index (χ2v) is 4.59. The number of benzene rings is 1. The molecular formula is C15H23N3O3. The molecule has 0 atom stereocenters. The molecule has 21 heavy (non-hydrogen) atoms. The third kappa shape index (κ3) is 5.43. The second kappa shape index (κ2) is 8.97. The van der Waals surface area contributed by atoms with Gasteiger partial charge in [-0.2, -0.15) is 0 Å². The van der Waals surface area contributed by atoms with Crippen LogP contribution < -0.4 is 15.8 Å².